The maximum absolute atomic E-state index is 10.7. The molecule has 0 heterocycles. The second-order valence-electron chi connectivity index (χ2n) is 4.48. The molecule has 1 fully saturated rings. The molecule has 0 bridgehead atoms. The van der Waals surface area contributed by atoms with Crippen molar-refractivity contribution in [3.63, 3.8) is 0 Å². The number of carbonyl (C=O) groups is 1. The van der Waals surface area contributed by atoms with Gasteiger partial charge in [0.1, 0.15) is 0 Å². The molecule has 2 rings (SSSR count). The van der Waals surface area contributed by atoms with Gasteiger partial charge < -0.3 is 5.11 Å². The van der Waals surface area contributed by atoms with Crippen LogP contribution in [0.2, 0.25) is 0 Å². The largest absolute Gasteiger partial charge is 0.481 e. The Balaban J connectivity index is 2.34. The Hall–Kier alpha value is -1.31. The van der Waals surface area contributed by atoms with Gasteiger partial charge >= 0.3 is 5.97 Å². The van der Waals surface area contributed by atoms with Crippen molar-refractivity contribution < 1.29 is 9.90 Å². The summed E-state index contributed by atoms with van der Waals surface area (Å²) in [5.41, 5.74) is 4.62. The standard InChI is InChI=1S/C13H16O2/c1-8-5-11(10-3-4-10)6-9(2)12(8)7-13(14)15/h5-6,10H,3-4,7H2,1-2H3,(H,14,15). The molecule has 0 atom stereocenters. The zero-order chi connectivity index (χ0) is 11.0. The number of rotatable bonds is 3. The molecule has 80 valence electrons. The zero-order valence-corrected chi connectivity index (χ0v) is 9.21. The van der Waals surface area contributed by atoms with Crippen molar-refractivity contribution in [3.05, 3.63) is 34.4 Å². The van der Waals surface area contributed by atoms with Crippen molar-refractivity contribution in [2.45, 2.75) is 39.0 Å². The minimum atomic E-state index is -0.750. The molecule has 2 nitrogen and oxygen atoms in total. The highest BCUT2D eigenvalue weighted by atomic mass is 16.4. The summed E-state index contributed by atoms with van der Waals surface area (Å²) in [5.74, 6) is -0.0124. The van der Waals surface area contributed by atoms with Crippen molar-refractivity contribution in [2.75, 3.05) is 0 Å². The maximum atomic E-state index is 10.7. The first-order chi connectivity index (χ1) is 7.08. The smallest absolute Gasteiger partial charge is 0.307 e. The van der Waals surface area contributed by atoms with Crippen LogP contribution in [0, 0.1) is 13.8 Å². The third kappa shape index (κ3) is 2.20. The van der Waals surface area contributed by atoms with E-state index in [-0.39, 0.29) is 6.42 Å². The van der Waals surface area contributed by atoms with Crippen LogP contribution in [0.25, 0.3) is 0 Å². The number of benzene rings is 1. The van der Waals surface area contributed by atoms with Crippen LogP contribution in [0.1, 0.15) is 41.0 Å². The first-order valence-corrected chi connectivity index (χ1v) is 5.39. The van der Waals surface area contributed by atoms with Crippen LogP contribution in [-0.4, -0.2) is 11.1 Å². The van der Waals surface area contributed by atoms with Gasteiger partial charge in [0.05, 0.1) is 6.42 Å². The van der Waals surface area contributed by atoms with Crippen LogP contribution in [0.3, 0.4) is 0 Å². The first-order valence-electron chi connectivity index (χ1n) is 5.39. The first kappa shape index (κ1) is 10.2. The van der Waals surface area contributed by atoms with Gasteiger partial charge in [-0.05, 0) is 54.9 Å². The number of aryl methyl sites for hydroxylation is 2. The van der Waals surface area contributed by atoms with E-state index in [1.807, 2.05) is 13.8 Å². The maximum Gasteiger partial charge on any atom is 0.307 e. The highest BCUT2D eigenvalue weighted by Crippen LogP contribution is 2.41. The monoisotopic (exact) mass is 204 g/mol. The van der Waals surface area contributed by atoms with E-state index in [0.29, 0.717) is 0 Å². The summed E-state index contributed by atoms with van der Waals surface area (Å²) in [5, 5.41) is 8.81. The molecule has 2 heteroatoms. The Morgan fingerprint density at radius 3 is 2.27 bits per heavy atom. The summed E-state index contributed by atoms with van der Waals surface area (Å²) >= 11 is 0. The Bertz CT molecular complexity index is 380. The van der Waals surface area contributed by atoms with Gasteiger partial charge in [-0.1, -0.05) is 12.1 Å². The fraction of sp³-hybridized carbons (Fsp3) is 0.462. The second-order valence-corrected chi connectivity index (χ2v) is 4.48. The van der Waals surface area contributed by atoms with Gasteiger partial charge in [-0.2, -0.15) is 0 Å². The Kier molecular flexibility index (Phi) is 2.51. The van der Waals surface area contributed by atoms with Gasteiger partial charge in [-0.15, -0.1) is 0 Å². The molecule has 0 unspecified atom stereocenters. The summed E-state index contributed by atoms with van der Waals surface area (Å²) in [7, 11) is 0. The molecule has 0 radical (unpaired) electrons. The van der Waals surface area contributed by atoms with Crippen LogP contribution in [0.4, 0.5) is 0 Å². The Morgan fingerprint density at radius 1 is 1.33 bits per heavy atom. The highest BCUT2D eigenvalue weighted by molar-refractivity contribution is 5.71. The molecule has 1 aliphatic carbocycles. The van der Waals surface area contributed by atoms with E-state index in [1.165, 1.54) is 18.4 Å². The van der Waals surface area contributed by atoms with Gasteiger partial charge in [0.25, 0.3) is 0 Å². The Labute approximate surface area is 89.9 Å². The lowest BCUT2D eigenvalue weighted by molar-refractivity contribution is -0.136. The van der Waals surface area contributed by atoms with Crippen molar-refractivity contribution in [1.82, 2.24) is 0 Å². The summed E-state index contributed by atoms with van der Waals surface area (Å²) in [4.78, 5) is 10.7. The SMILES string of the molecule is Cc1cc(C2CC2)cc(C)c1CC(=O)O. The lowest BCUT2D eigenvalue weighted by atomic mass is 9.95. The van der Waals surface area contributed by atoms with Crippen LogP contribution in [-0.2, 0) is 11.2 Å². The number of hydrogen-bond acceptors (Lipinski definition) is 1. The van der Waals surface area contributed by atoms with E-state index in [0.717, 1.165) is 22.6 Å². The van der Waals surface area contributed by atoms with E-state index in [4.69, 9.17) is 5.11 Å². The normalized spacial score (nSPS) is 15.3. The molecule has 0 saturated heterocycles. The van der Waals surface area contributed by atoms with Gasteiger partial charge in [-0.25, -0.2) is 0 Å². The lowest BCUT2D eigenvalue weighted by Gasteiger charge is -2.10. The van der Waals surface area contributed by atoms with Crippen LogP contribution < -0.4 is 0 Å². The van der Waals surface area contributed by atoms with Gasteiger partial charge in [-0.3, -0.25) is 4.79 Å². The molecule has 0 spiro atoms. The van der Waals surface area contributed by atoms with E-state index in [9.17, 15) is 4.79 Å². The zero-order valence-electron chi connectivity index (χ0n) is 9.21. The van der Waals surface area contributed by atoms with E-state index >= 15 is 0 Å². The highest BCUT2D eigenvalue weighted by Gasteiger charge is 2.24. The predicted octanol–water partition coefficient (Wildman–Crippen LogP) is 2.81. The minimum Gasteiger partial charge on any atom is -0.481 e. The van der Waals surface area contributed by atoms with Gasteiger partial charge in [0.15, 0.2) is 0 Å². The third-order valence-electron chi connectivity index (χ3n) is 3.10. The molecule has 1 aliphatic rings. The molecule has 0 amide bonds. The summed E-state index contributed by atoms with van der Waals surface area (Å²) in [6.45, 7) is 4.02. The molecule has 1 aromatic carbocycles. The summed E-state index contributed by atoms with van der Waals surface area (Å²) in [6, 6.07) is 4.31. The van der Waals surface area contributed by atoms with Gasteiger partial charge in [0, 0.05) is 0 Å². The molecular formula is C13H16O2. The van der Waals surface area contributed by atoms with Crippen molar-refractivity contribution in [3.8, 4) is 0 Å². The van der Waals surface area contributed by atoms with Gasteiger partial charge in [0.2, 0.25) is 0 Å². The minimum absolute atomic E-state index is 0.141. The molecule has 15 heavy (non-hydrogen) atoms. The van der Waals surface area contributed by atoms with E-state index in [1.54, 1.807) is 0 Å². The number of carboxylic acids is 1. The second kappa shape index (κ2) is 3.69. The fourth-order valence-electron chi connectivity index (χ4n) is 2.11. The molecule has 0 aromatic heterocycles. The molecule has 1 N–H and O–H groups in total. The predicted molar refractivity (Wildman–Crippen MR) is 59.2 cm³/mol. The van der Waals surface area contributed by atoms with E-state index in [2.05, 4.69) is 12.1 Å². The molecular weight excluding hydrogens is 188 g/mol. The topological polar surface area (TPSA) is 37.3 Å². The van der Waals surface area contributed by atoms with Crippen LogP contribution >= 0.6 is 0 Å². The average Bonchev–Trinajstić information content (AvgIpc) is 2.93. The van der Waals surface area contributed by atoms with Crippen molar-refractivity contribution >= 4 is 5.97 Å². The average molecular weight is 204 g/mol. The summed E-state index contributed by atoms with van der Waals surface area (Å²) in [6.07, 6.45) is 2.72. The summed E-state index contributed by atoms with van der Waals surface area (Å²) < 4.78 is 0. The molecule has 1 saturated carbocycles. The Morgan fingerprint density at radius 2 is 1.87 bits per heavy atom. The third-order valence-corrected chi connectivity index (χ3v) is 3.10. The van der Waals surface area contributed by atoms with Crippen molar-refractivity contribution in [2.24, 2.45) is 0 Å². The number of hydrogen-bond donors (Lipinski definition) is 1. The fourth-order valence-corrected chi connectivity index (χ4v) is 2.11. The van der Waals surface area contributed by atoms with E-state index < -0.39 is 5.97 Å². The lowest BCUT2D eigenvalue weighted by Crippen LogP contribution is -2.04. The quantitative estimate of drug-likeness (QED) is 0.822. The van der Waals surface area contributed by atoms with Crippen LogP contribution in [0.5, 0.6) is 0 Å². The molecule has 0 aliphatic heterocycles. The van der Waals surface area contributed by atoms with Crippen molar-refractivity contribution in [1.29, 1.82) is 0 Å². The van der Waals surface area contributed by atoms with Crippen LogP contribution in [0.15, 0.2) is 12.1 Å². The number of carboxylic acid groups (broad SMARTS) is 1. The molecule has 1 aromatic rings. The number of aliphatic carboxylic acids is 1.